The molecule has 0 saturated heterocycles. The summed E-state index contributed by atoms with van der Waals surface area (Å²) < 4.78 is 6.50. The Balaban J connectivity index is 2.61. The molecule has 0 aromatic carbocycles. The maximum atomic E-state index is 11.1. The van der Waals surface area contributed by atoms with E-state index in [2.05, 4.69) is 30.0 Å². The van der Waals surface area contributed by atoms with Gasteiger partial charge in [0.25, 0.3) is 0 Å². The summed E-state index contributed by atoms with van der Waals surface area (Å²) in [6.45, 7) is 5.61. The number of nitrogens with zero attached hydrogens (tertiary/aromatic N) is 1. The molecule has 1 aromatic rings. The van der Waals surface area contributed by atoms with Gasteiger partial charge in [-0.2, -0.15) is 0 Å². The van der Waals surface area contributed by atoms with Crippen molar-refractivity contribution in [2.24, 2.45) is 0 Å². The Labute approximate surface area is 103 Å². The molecular formula is C13H22N2O2. The van der Waals surface area contributed by atoms with E-state index in [-0.39, 0.29) is 12.5 Å². The second-order valence-corrected chi connectivity index (χ2v) is 4.11. The molecule has 1 unspecified atom stereocenters. The number of nitrogens with one attached hydrogen (secondary N) is 1. The fourth-order valence-corrected chi connectivity index (χ4v) is 1.79. The van der Waals surface area contributed by atoms with E-state index in [0.29, 0.717) is 6.04 Å². The first kappa shape index (κ1) is 13.8. The average molecular weight is 238 g/mol. The van der Waals surface area contributed by atoms with E-state index in [1.165, 1.54) is 12.7 Å². The molecule has 1 rings (SSSR count). The number of hydrogen-bond donors (Lipinski definition) is 1. The highest BCUT2D eigenvalue weighted by atomic mass is 16.5. The highest BCUT2D eigenvalue weighted by Crippen LogP contribution is 2.16. The summed E-state index contributed by atoms with van der Waals surface area (Å²) in [6, 6.07) is 2.42. The largest absolute Gasteiger partial charge is 0.468 e. The van der Waals surface area contributed by atoms with Crippen LogP contribution in [0, 0.1) is 0 Å². The molecule has 1 aromatic heterocycles. The average Bonchev–Trinajstić information content (AvgIpc) is 2.78. The highest BCUT2D eigenvalue weighted by Gasteiger charge is 2.10. The van der Waals surface area contributed by atoms with Crippen LogP contribution in [0.3, 0.4) is 0 Å². The van der Waals surface area contributed by atoms with Crippen LogP contribution in [0.5, 0.6) is 0 Å². The smallest absolute Gasteiger partial charge is 0.325 e. The molecule has 0 spiro atoms. The molecule has 0 bridgehead atoms. The van der Waals surface area contributed by atoms with Crippen LogP contribution in [-0.4, -0.2) is 24.2 Å². The molecule has 0 fully saturated rings. The van der Waals surface area contributed by atoms with Gasteiger partial charge in [-0.1, -0.05) is 13.8 Å². The number of ether oxygens (including phenoxy) is 1. The van der Waals surface area contributed by atoms with Crippen molar-refractivity contribution >= 4 is 5.97 Å². The molecule has 96 valence electrons. The summed E-state index contributed by atoms with van der Waals surface area (Å²) in [5, 5.41) is 3.49. The second kappa shape index (κ2) is 7.12. The van der Waals surface area contributed by atoms with Gasteiger partial charge >= 0.3 is 5.97 Å². The SMILES string of the molecule is CCCNC(CC)c1ccn(CC(=O)OC)c1. The van der Waals surface area contributed by atoms with Gasteiger partial charge in [-0.05, 0) is 31.0 Å². The summed E-state index contributed by atoms with van der Waals surface area (Å²) in [5.74, 6) is -0.221. The predicted octanol–water partition coefficient (Wildman–Crippen LogP) is 2.11. The van der Waals surface area contributed by atoms with E-state index in [4.69, 9.17) is 0 Å². The zero-order valence-electron chi connectivity index (χ0n) is 10.9. The number of carbonyl (C=O) groups excluding carboxylic acids is 1. The summed E-state index contributed by atoms with van der Waals surface area (Å²) in [6.07, 6.45) is 6.10. The monoisotopic (exact) mass is 238 g/mol. The topological polar surface area (TPSA) is 43.3 Å². The maximum absolute atomic E-state index is 11.1. The zero-order chi connectivity index (χ0) is 12.7. The Kier molecular flexibility index (Phi) is 5.77. The number of hydrogen-bond acceptors (Lipinski definition) is 3. The van der Waals surface area contributed by atoms with E-state index < -0.39 is 0 Å². The van der Waals surface area contributed by atoms with Crippen LogP contribution in [-0.2, 0) is 16.1 Å². The van der Waals surface area contributed by atoms with E-state index in [1.54, 1.807) is 0 Å². The highest BCUT2D eigenvalue weighted by molar-refractivity contribution is 5.68. The molecule has 0 radical (unpaired) electrons. The van der Waals surface area contributed by atoms with Gasteiger partial charge in [-0.25, -0.2) is 0 Å². The third-order valence-corrected chi connectivity index (χ3v) is 2.76. The van der Waals surface area contributed by atoms with Crippen molar-refractivity contribution in [2.75, 3.05) is 13.7 Å². The molecule has 0 aliphatic rings. The normalized spacial score (nSPS) is 12.4. The Morgan fingerprint density at radius 3 is 2.88 bits per heavy atom. The molecule has 0 amide bonds. The van der Waals surface area contributed by atoms with Gasteiger partial charge in [-0.3, -0.25) is 4.79 Å². The minimum Gasteiger partial charge on any atom is -0.468 e. The first-order valence-electron chi connectivity index (χ1n) is 6.17. The van der Waals surface area contributed by atoms with Crippen LogP contribution in [0.15, 0.2) is 18.5 Å². The third-order valence-electron chi connectivity index (χ3n) is 2.76. The van der Waals surface area contributed by atoms with E-state index >= 15 is 0 Å². The van der Waals surface area contributed by atoms with Crippen LogP contribution in [0.4, 0.5) is 0 Å². The lowest BCUT2D eigenvalue weighted by atomic mass is 10.1. The van der Waals surface area contributed by atoms with E-state index in [0.717, 1.165) is 19.4 Å². The van der Waals surface area contributed by atoms with Crippen molar-refractivity contribution < 1.29 is 9.53 Å². The molecule has 0 aliphatic carbocycles. The van der Waals surface area contributed by atoms with Crippen LogP contribution in [0.25, 0.3) is 0 Å². The number of carbonyl (C=O) groups is 1. The summed E-state index contributed by atoms with van der Waals surface area (Å²) in [5.41, 5.74) is 1.23. The van der Waals surface area contributed by atoms with Crippen molar-refractivity contribution in [3.8, 4) is 0 Å². The first-order valence-corrected chi connectivity index (χ1v) is 6.17. The van der Waals surface area contributed by atoms with Crippen LogP contribution < -0.4 is 5.32 Å². The fourth-order valence-electron chi connectivity index (χ4n) is 1.79. The van der Waals surface area contributed by atoms with Gasteiger partial charge in [0.1, 0.15) is 6.54 Å². The van der Waals surface area contributed by atoms with Crippen molar-refractivity contribution in [2.45, 2.75) is 39.3 Å². The molecule has 1 N–H and O–H groups in total. The fraction of sp³-hybridized carbons (Fsp3) is 0.615. The minimum absolute atomic E-state index is 0.221. The van der Waals surface area contributed by atoms with E-state index in [1.807, 2.05) is 17.0 Å². The first-order chi connectivity index (χ1) is 8.21. The molecule has 4 nitrogen and oxygen atoms in total. The minimum atomic E-state index is -0.221. The Hall–Kier alpha value is -1.29. The van der Waals surface area contributed by atoms with Crippen LogP contribution in [0.1, 0.15) is 38.3 Å². The summed E-state index contributed by atoms with van der Waals surface area (Å²) in [4.78, 5) is 11.1. The van der Waals surface area contributed by atoms with Crippen LogP contribution >= 0.6 is 0 Å². The number of aromatic nitrogens is 1. The number of rotatable bonds is 7. The standard InChI is InChI=1S/C13H22N2O2/c1-4-7-14-12(5-2)11-6-8-15(9-11)10-13(16)17-3/h6,8-9,12,14H,4-5,7,10H2,1-3H3. The Morgan fingerprint density at radius 2 is 2.29 bits per heavy atom. The van der Waals surface area contributed by atoms with Crippen molar-refractivity contribution in [1.29, 1.82) is 0 Å². The Bertz CT molecular complexity index is 347. The van der Waals surface area contributed by atoms with Gasteiger partial charge in [-0.15, -0.1) is 0 Å². The number of esters is 1. The van der Waals surface area contributed by atoms with Gasteiger partial charge in [0.2, 0.25) is 0 Å². The maximum Gasteiger partial charge on any atom is 0.325 e. The molecule has 4 heteroatoms. The molecular weight excluding hydrogens is 216 g/mol. The van der Waals surface area contributed by atoms with Gasteiger partial charge in [0, 0.05) is 18.4 Å². The lowest BCUT2D eigenvalue weighted by Crippen LogP contribution is -2.21. The third kappa shape index (κ3) is 4.23. The number of methoxy groups -OCH3 is 1. The van der Waals surface area contributed by atoms with Crippen LogP contribution in [0.2, 0.25) is 0 Å². The summed E-state index contributed by atoms with van der Waals surface area (Å²) in [7, 11) is 1.41. The molecule has 1 heterocycles. The zero-order valence-corrected chi connectivity index (χ0v) is 10.9. The molecule has 17 heavy (non-hydrogen) atoms. The molecule has 0 saturated carbocycles. The van der Waals surface area contributed by atoms with Gasteiger partial charge < -0.3 is 14.6 Å². The van der Waals surface area contributed by atoms with Crippen molar-refractivity contribution in [3.63, 3.8) is 0 Å². The molecule has 0 aliphatic heterocycles. The van der Waals surface area contributed by atoms with Gasteiger partial charge in [0.15, 0.2) is 0 Å². The van der Waals surface area contributed by atoms with Crippen molar-refractivity contribution in [3.05, 3.63) is 24.0 Å². The van der Waals surface area contributed by atoms with Crippen molar-refractivity contribution in [1.82, 2.24) is 9.88 Å². The quantitative estimate of drug-likeness (QED) is 0.740. The van der Waals surface area contributed by atoms with Gasteiger partial charge in [0.05, 0.1) is 7.11 Å². The lowest BCUT2D eigenvalue weighted by Gasteiger charge is -2.14. The Morgan fingerprint density at radius 1 is 1.53 bits per heavy atom. The van der Waals surface area contributed by atoms with E-state index in [9.17, 15) is 4.79 Å². The summed E-state index contributed by atoms with van der Waals surface area (Å²) >= 11 is 0. The lowest BCUT2D eigenvalue weighted by molar-refractivity contribution is -0.141. The second-order valence-electron chi connectivity index (χ2n) is 4.11. The predicted molar refractivity (Wildman–Crippen MR) is 67.8 cm³/mol. The molecule has 1 atom stereocenters.